The summed E-state index contributed by atoms with van der Waals surface area (Å²) >= 11 is 23.8. The van der Waals surface area contributed by atoms with Crippen molar-refractivity contribution in [2.24, 2.45) is 0 Å². The smallest absolute Gasteiger partial charge is 0.131 e. The van der Waals surface area contributed by atoms with E-state index in [9.17, 15) is 0 Å². The van der Waals surface area contributed by atoms with Crippen LogP contribution in [0, 0.1) is 0 Å². The Balaban J connectivity index is 2.09. The fourth-order valence-corrected chi connectivity index (χ4v) is 3.06. The highest BCUT2D eigenvalue weighted by molar-refractivity contribution is 6.33. The van der Waals surface area contributed by atoms with E-state index in [1.165, 1.54) is 0 Å². The third kappa shape index (κ3) is 3.53. The van der Waals surface area contributed by atoms with Gasteiger partial charge in [-0.25, -0.2) is 9.97 Å². The summed E-state index contributed by atoms with van der Waals surface area (Å²) in [5, 5.41) is 1.40. The summed E-state index contributed by atoms with van der Waals surface area (Å²) in [4.78, 5) is 7.90. The van der Waals surface area contributed by atoms with Gasteiger partial charge in [-0.15, -0.1) is 0 Å². The first kappa shape index (κ1) is 15.6. The molecule has 1 aromatic carbocycles. The van der Waals surface area contributed by atoms with Gasteiger partial charge in [-0.3, -0.25) is 0 Å². The molecule has 110 valence electrons. The van der Waals surface area contributed by atoms with E-state index in [-0.39, 0.29) is 0 Å². The Morgan fingerprint density at radius 3 is 1.23 bits per heavy atom. The largest absolute Gasteiger partial charge is 0.224 e. The lowest BCUT2D eigenvalue weighted by molar-refractivity contribution is 1.32. The van der Waals surface area contributed by atoms with Gasteiger partial charge in [0.25, 0.3) is 0 Å². The molecule has 0 saturated carbocycles. The molecule has 2 heterocycles. The molecule has 22 heavy (non-hydrogen) atoms. The molecule has 0 N–H and O–H groups in total. The summed E-state index contributed by atoms with van der Waals surface area (Å²) < 4.78 is 0. The lowest BCUT2D eigenvalue weighted by Crippen LogP contribution is -1.85. The number of halogens is 4. The minimum atomic E-state index is 0.350. The van der Waals surface area contributed by atoms with Crippen molar-refractivity contribution in [1.29, 1.82) is 0 Å². The number of aromatic nitrogens is 2. The van der Waals surface area contributed by atoms with E-state index in [0.29, 0.717) is 20.6 Å². The molecule has 0 bridgehead atoms. The van der Waals surface area contributed by atoms with Crippen LogP contribution in [-0.4, -0.2) is 9.97 Å². The number of nitrogens with zero attached hydrogens (tertiary/aromatic N) is 2. The van der Waals surface area contributed by atoms with Crippen molar-refractivity contribution in [2.45, 2.75) is 0 Å². The monoisotopic (exact) mass is 368 g/mol. The van der Waals surface area contributed by atoms with Crippen molar-refractivity contribution in [2.75, 3.05) is 0 Å². The molecule has 0 aliphatic rings. The third-order valence-corrected chi connectivity index (χ3v) is 3.83. The van der Waals surface area contributed by atoms with Crippen LogP contribution in [-0.2, 0) is 0 Å². The molecule has 0 unspecified atom stereocenters. The van der Waals surface area contributed by atoms with Gasteiger partial charge in [-0.2, -0.15) is 0 Å². The average molecular weight is 370 g/mol. The van der Waals surface area contributed by atoms with Crippen molar-refractivity contribution < 1.29 is 0 Å². The lowest BCUT2D eigenvalue weighted by Gasteiger charge is -2.07. The molecular weight excluding hydrogens is 362 g/mol. The quantitative estimate of drug-likeness (QED) is 0.486. The van der Waals surface area contributed by atoms with E-state index in [2.05, 4.69) is 9.97 Å². The second-order valence-corrected chi connectivity index (χ2v) is 6.13. The first-order chi connectivity index (χ1) is 10.5. The Hall–Kier alpha value is -1.32. The van der Waals surface area contributed by atoms with Crippen LogP contribution in [0.5, 0.6) is 0 Å². The first-order valence-electron chi connectivity index (χ1n) is 6.28. The van der Waals surface area contributed by atoms with Crippen LogP contribution >= 0.6 is 46.4 Å². The standard InChI is InChI=1S/C16H8Cl4N2/c17-13-5-11(6-14(18)21-13)9-2-1-3-10(4-9)12-7-15(19)22-16(20)8-12/h1-8H. The molecule has 0 saturated heterocycles. The predicted molar refractivity (Wildman–Crippen MR) is 92.9 cm³/mol. The Kier molecular flexibility index (Phi) is 4.55. The minimum Gasteiger partial charge on any atom is -0.224 e. The average Bonchev–Trinajstić information content (AvgIpc) is 2.45. The molecule has 3 aromatic rings. The predicted octanol–water partition coefficient (Wildman–Crippen LogP) is 6.42. The highest BCUT2D eigenvalue weighted by Gasteiger charge is 2.06. The highest BCUT2D eigenvalue weighted by atomic mass is 35.5. The molecule has 0 amide bonds. The van der Waals surface area contributed by atoms with E-state index in [4.69, 9.17) is 46.4 Å². The van der Waals surface area contributed by atoms with Crippen LogP contribution in [0.25, 0.3) is 22.3 Å². The van der Waals surface area contributed by atoms with E-state index >= 15 is 0 Å². The highest BCUT2D eigenvalue weighted by Crippen LogP contribution is 2.30. The second kappa shape index (κ2) is 6.43. The van der Waals surface area contributed by atoms with Gasteiger partial charge in [0, 0.05) is 0 Å². The first-order valence-corrected chi connectivity index (χ1v) is 7.79. The molecule has 2 nitrogen and oxygen atoms in total. The third-order valence-electron chi connectivity index (χ3n) is 3.05. The fraction of sp³-hybridized carbons (Fsp3) is 0. The van der Waals surface area contributed by atoms with Crippen LogP contribution in [0.15, 0.2) is 48.5 Å². The van der Waals surface area contributed by atoms with Crippen LogP contribution < -0.4 is 0 Å². The van der Waals surface area contributed by atoms with Crippen molar-refractivity contribution >= 4 is 46.4 Å². The van der Waals surface area contributed by atoms with Crippen LogP contribution in [0.2, 0.25) is 20.6 Å². The summed E-state index contributed by atoms with van der Waals surface area (Å²) in [6.07, 6.45) is 0. The summed E-state index contributed by atoms with van der Waals surface area (Å²) in [5.41, 5.74) is 3.71. The van der Waals surface area contributed by atoms with Gasteiger partial charge in [-0.05, 0) is 52.6 Å². The SMILES string of the molecule is Clc1cc(-c2cccc(-c3cc(Cl)nc(Cl)c3)c2)cc(Cl)n1. The molecule has 6 heteroatoms. The maximum atomic E-state index is 5.96. The van der Waals surface area contributed by atoms with Crippen molar-refractivity contribution in [3.8, 4) is 22.3 Å². The van der Waals surface area contributed by atoms with E-state index in [0.717, 1.165) is 22.3 Å². The van der Waals surface area contributed by atoms with Crippen molar-refractivity contribution in [1.82, 2.24) is 9.97 Å². The molecule has 0 aliphatic carbocycles. The van der Waals surface area contributed by atoms with Crippen molar-refractivity contribution in [3.05, 3.63) is 69.1 Å². The van der Waals surface area contributed by atoms with Gasteiger partial charge in [-0.1, -0.05) is 64.6 Å². The summed E-state index contributed by atoms with van der Waals surface area (Å²) in [6, 6.07) is 14.9. The van der Waals surface area contributed by atoms with Gasteiger partial charge >= 0.3 is 0 Å². The van der Waals surface area contributed by atoms with Crippen molar-refractivity contribution in [3.63, 3.8) is 0 Å². The van der Waals surface area contributed by atoms with Gasteiger partial charge in [0.05, 0.1) is 0 Å². The van der Waals surface area contributed by atoms with Crippen LogP contribution in [0.3, 0.4) is 0 Å². The van der Waals surface area contributed by atoms with Crippen LogP contribution in [0.1, 0.15) is 0 Å². The van der Waals surface area contributed by atoms with E-state index < -0.39 is 0 Å². The molecule has 0 fully saturated rings. The molecule has 2 aromatic heterocycles. The summed E-state index contributed by atoms with van der Waals surface area (Å²) in [7, 11) is 0. The Morgan fingerprint density at radius 1 is 0.500 bits per heavy atom. The number of benzene rings is 1. The lowest BCUT2D eigenvalue weighted by atomic mass is 10.0. The summed E-state index contributed by atoms with van der Waals surface area (Å²) in [5.74, 6) is 0. The Morgan fingerprint density at radius 2 is 0.864 bits per heavy atom. The summed E-state index contributed by atoms with van der Waals surface area (Å²) in [6.45, 7) is 0. The zero-order chi connectivity index (χ0) is 15.7. The molecule has 0 radical (unpaired) electrons. The second-order valence-electron chi connectivity index (χ2n) is 4.58. The Bertz CT molecular complexity index is 742. The van der Waals surface area contributed by atoms with Gasteiger partial charge in [0.1, 0.15) is 20.6 Å². The zero-order valence-corrected chi connectivity index (χ0v) is 14.0. The van der Waals surface area contributed by atoms with E-state index in [1.807, 2.05) is 24.3 Å². The maximum absolute atomic E-state index is 5.96. The topological polar surface area (TPSA) is 25.8 Å². The number of pyridine rings is 2. The molecule has 0 spiro atoms. The molecule has 0 atom stereocenters. The van der Waals surface area contributed by atoms with Gasteiger partial charge in [0.15, 0.2) is 0 Å². The maximum Gasteiger partial charge on any atom is 0.131 e. The minimum absolute atomic E-state index is 0.350. The molecular formula is C16H8Cl4N2. The van der Waals surface area contributed by atoms with Gasteiger partial charge < -0.3 is 0 Å². The Labute approximate surface area is 147 Å². The molecule has 3 rings (SSSR count). The number of hydrogen-bond acceptors (Lipinski definition) is 2. The van der Waals surface area contributed by atoms with E-state index in [1.54, 1.807) is 24.3 Å². The zero-order valence-electron chi connectivity index (χ0n) is 11.0. The van der Waals surface area contributed by atoms with Gasteiger partial charge in [0.2, 0.25) is 0 Å². The number of hydrogen-bond donors (Lipinski definition) is 0. The van der Waals surface area contributed by atoms with Crippen LogP contribution in [0.4, 0.5) is 0 Å². The molecule has 0 aliphatic heterocycles. The normalized spacial score (nSPS) is 10.7. The fourth-order valence-electron chi connectivity index (χ4n) is 2.14. The number of rotatable bonds is 2.